The summed E-state index contributed by atoms with van der Waals surface area (Å²) in [4.78, 5) is 32.8. The van der Waals surface area contributed by atoms with E-state index in [4.69, 9.17) is 31.4 Å². The molecule has 0 aliphatic carbocycles. The molecule has 0 fully saturated rings. The normalized spacial score (nSPS) is 11.2. The SMILES string of the molecule is Nc1cnc(-c2cnc3cccc(-c4cc(-c5nc(N)cnc5-c5ccc6ncccc6c5)ccn4)c3c2)c(-c2ccccc2)n1. The van der Waals surface area contributed by atoms with Gasteiger partial charge < -0.3 is 11.5 Å². The minimum absolute atomic E-state index is 0.331. The van der Waals surface area contributed by atoms with E-state index < -0.39 is 0 Å². The highest BCUT2D eigenvalue weighted by Crippen LogP contribution is 2.36. The van der Waals surface area contributed by atoms with E-state index in [1.807, 2.05) is 91.1 Å². The van der Waals surface area contributed by atoms with Gasteiger partial charge in [-0.2, -0.15) is 0 Å². The molecule has 0 saturated carbocycles. The summed E-state index contributed by atoms with van der Waals surface area (Å²) in [5, 5.41) is 1.93. The third-order valence-corrected chi connectivity index (χ3v) is 7.81. The molecule has 0 radical (unpaired) electrons. The molecule has 4 N–H and O–H groups in total. The maximum absolute atomic E-state index is 6.17. The standard InChI is InChI=1S/C37H25N9/c38-32-21-44-35(36(45-32)22-6-2-1-3-7-22)26-17-28-27(9-4-10-30(28)42-19-26)31-18-25(13-15-41-31)37-34(43-20-33(39)46-37)24-11-12-29-23(16-24)8-5-14-40-29/h1-21H,(H2,38,45)(H2,39,46). The van der Waals surface area contributed by atoms with Crippen molar-refractivity contribution in [3.05, 3.63) is 128 Å². The van der Waals surface area contributed by atoms with Crippen molar-refractivity contribution in [2.45, 2.75) is 0 Å². The number of nitrogens with zero attached hydrogens (tertiary/aromatic N) is 7. The summed E-state index contributed by atoms with van der Waals surface area (Å²) in [5.41, 5.74) is 21.9. The largest absolute Gasteiger partial charge is 0.382 e. The Hall–Kier alpha value is -6.61. The van der Waals surface area contributed by atoms with Gasteiger partial charge in [0.25, 0.3) is 0 Å². The van der Waals surface area contributed by atoms with Crippen LogP contribution in [0.2, 0.25) is 0 Å². The van der Waals surface area contributed by atoms with Gasteiger partial charge in [-0.3, -0.25) is 24.9 Å². The molecule has 0 aliphatic rings. The lowest BCUT2D eigenvalue weighted by molar-refractivity contribution is 1.21. The molecule has 8 aromatic rings. The van der Waals surface area contributed by atoms with Gasteiger partial charge in [0.15, 0.2) is 0 Å². The van der Waals surface area contributed by atoms with Crippen LogP contribution in [0.5, 0.6) is 0 Å². The van der Waals surface area contributed by atoms with E-state index in [1.165, 1.54) is 0 Å². The van der Waals surface area contributed by atoms with Crippen molar-refractivity contribution >= 4 is 33.4 Å². The topological polar surface area (TPSA) is 142 Å². The second-order valence-corrected chi connectivity index (χ2v) is 10.8. The molecule has 46 heavy (non-hydrogen) atoms. The lowest BCUT2D eigenvalue weighted by Gasteiger charge is -2.13. The Morgan fingerprint density at radius 2 is 1.20 bits per heavy atom. The van der Waals surface area contributed by atoms with Crippen LogP contribution in [0, 0.1) is 0 Å². The zero-order chi connectivity index (χ0) is 31.0. The molecular weight excluding hydrogens is 570 g/mol. The van der Waals surface area contributed by atoms with Crippen LogP contribution in [0.4, 0.5) is 11.6 Å². The second-order valence-electron chi connectivity index (χ2n) is 10.8. The van der Waals surface area contributed by atoms with Crippen LogP contribution in [-0.4, -0.2) is 34.9 Å². The fourth-order valence-electron chi connectivity index (χ4n) is 5.68. The summed E-state index contributed by atoms with van der Waals surface area (Å²) in [7, 11) is 0. The number of hydrogen-bond donors (Lipinski definition) is 2. The summed E-state index contributed by atoms with van der Waals surface area (Å²) in [5.74, 6) is 0.680. The Labute approximate surface area is 263 Å². The third-order valence-electron chi connectivity index (χ3n) is 7.81. The van der Waals surface area contributed by atoms with Crippen molar-refractivity contribution < 1.29 is 0 Å². The van der Waals surface area contributed by atoms with Gasteiger partial charge in [-0.1, -0.05) is 54.6 Å². The van der Waals surface area contributed by atoms with Crippen molar-refractivity contribution in [2.24, 2.45) is 0 Å². The Bertz CT molecular complexity index is 2410. The first-order valence-electron chi connectivity index (χ1n) is 14.6. The number of rotatable bonds is 5. The number of pyridine rings is 3. The predicted molar refractivity (Wildman–Crippen MR) is 182 cm³/mol. The zero-order valence-corrected chi connectivity index (χ0v) is 24.4. The molecule has 9 nitrogen and oxygen atoms in total. The summed E-state index contributed by atoms with van der Waals surface area (Å²) in [6.45, 7) is 0. The molecule has 5 heterocycles. The van der Waals surface area contributed by atoms with Gasteiger partial charge in [-0.05, 0) is 42.5 Å². The van der Waals surface area contributed by atoms with E-state index in [2.05, 4.69) is 27.1 Å². The van der Waals surface area contributed by atoms with Gasteiger partial charge in [0.1, 0.15) is 11.6 Å². The van der Waals surface area contributed by atoms with E-state index in [0.717, 1.165) is 55.3 Å². The van der Waals surface area contributed by atoms with Crippen LogP contribution in [0.25, 0.3) is 78.1 Å². The Morgan fingerprint density at radius 1 is 0.435 bits per heavy atom. The fourth-order valence-corrected chi connectivity index (χ4v) is 5.68. The molecule has 9 heteroatoms. The van der Waals surface area contributed by atoms with Crippen molar-refractivity contribution in [1.29, 1.82) is 0 Å². The molecular formula is C37H25N9. The van der Waals surface area contributed by atoms with Gasteiger partial charge in [0.2, 0.25) is 0 Å². The molecule has 0 bridgehead atoms. The summed E-state index contributed by atoms with van der Waals surface area (Å²) < 4.78 is 0. The lowest BCUT2D eigenvalue weighted by atomic mass is 9.98. The predicted octanol–water partition coefficient (Wildman–Crippen LogP) is 7.26. The molecule has 5 aromatic heterocycles. The van der Waals surface area contributed by atoms with Crippen molar-refractivity contribution in [2.75, 3.05) is 11.5 Å². The highest BCUT2D eigenvalue weighted by molar-refractivity contribution is 5.97. The van der Waals surface area contributed by atoms with E-state index in [-0.39, 0.29) is 0 Å². The third kappa shape index (κ3) is 4.91. The van der Waals surface area contributed by atoms with Crippen molar-refractivity contribution in [3.63, 3.8) is 0 Å². The minimum Gasteiger partial charge on any atom is -0.382 e. The number of fused-ring (bicyclic) bond motifs is 2. The number of benzene rings is 3. The first-order valence-corrected chi connectivity index (χ1v) is 14.6. The second kappa shape index (κ2) is 11.1. The van der Waals surface area contributed by atoms with Crippen molar-refractivity contribution in [3.8, 4) is 56.3 Å². The average Bonchev–Trinajstić information content (AvgIpc) is 3.11. The molecule has 0 atom stereocenters. The number of aromatic nitrogens is 7. The number of nitrogens with two attached hydrogens (primary N) is 2. The summed E-state index contributed by atoms with van der Waals surface area (Å²) in [6.07, 6.45) is 8.52. The highest BCUT2D eigenvalue weighted by Gasteiger charge is 2.17. The highest BCUT2D eigenvalue weighted by atomic mass is 14.9. The van der Waals surface area contributed by atoms with E-state index >= 15 is 0 Å². The number of anilines is 2. The molecule has 3 aromatic carbocycles. The molecule has 8 rings (SSSR count). The van der Waals surface area contributed by atoms with Crippen LogP contribution in [-0.2, 0) is 0 Å². The van der Waals surface area contributed by atoms with Crippen LogP contribution < -0.4 is 11.5 Å². The quantitative estimate of drug-likeness (QED) is 0.210. The first kappa shape index (κ1) is 27.0. The van der Waals surface area contributed by atoms with Crippen LogP contribution in [0.1, 0.15) is 0 Å². The van der Waals surface area contributed by atoms with Crippen LogP contribution in [0.3, 0.4) is 0 Å². The molecule has 0 amide bonds. The van der Waals surface area contributed by atoms with Crippen molar-refractivity contribution in [1.82, 2.24) is 34.9 Å². The zero-order valence-electron chi connectivity index (χ0n) is 24.4. The van der Waals surface area contributed by atoms with Gasteiger partial charge in [-0.15, -0.1) is 0 Å². The summed E-state index contributed by atoms with van der Waals surface area (Å²) in [6, 6.07) is 31.9. The van der Waals surface area contributed by atoms with E-state index in [1.54, 1.807) is 24.8 Å². The van der Waals surface area contributed by atoms with Gasteiger partial charge in [0, 0.05) is 57.2 Å². The lowest BCUT2D eigenvalue weighted by Crippen LogP contribution is -1.99. The van der Waals surface area contributed by atoms with Gasteiger partial charge in [0.05, 0.1) is 51.9 Å². The molecule has 218 valence electrons. The maximum atomic E-state index is 6.17. The number of hydrogen-bond acceptors (Lipinski definition) is 9. The fraction of sp³-hybridized carbons (Fsp3) is 0. The van der Waals surface area contributed by atoms with E-state index in [0.29, 0.717) is 34.4 Å². The molecule has 0 spiro atoms. The maximum Gasteiger partial charge on any atom is 0.142 e. The Kier molecular flexibility index (Phi) is 6.54. The van der Waals surface area contributed by atoms with Gasteiger partial charge >= 0.3 is 0 Å². The van der Waals surface area contributed by atoms with Gasteiger partial charge in [-0.25, -0.2) is 9.97 Å². The molecule has 0 aliphatic heterocycles. The Balaban J connectivity index is 1.26. The molecule has 0 unspecified atom stereocenters. The van der Waals surface area contributed by atoms with Crippen LogP contribution >= 0.6 is 0 Å². The molecule has 0 saturated heterocycles. The monoisotopic (exact) mass is 595 g/mol. The van der Waals surface area contributed by atoms with E-state index in [9.17, 15) is 0 Å². The van der Waals surface area contributed by atoms with Crippen LogP contribution in [0.15, 0.2) is 128 Å². The number of nitrogen functional groups attached to an aromatic ring is 2. The summed E-state index contributed by atoms with van der Waals surface area (Å²) >= 11 is 0. The smallest absolute Gasteiger partial charge is 0.142 e. The average molecular weight is 596 g/mol. The minimum atomic E-state index is 0.331. The Morgan fingerprint density at radius 3 is 2.02 bits per heavy atom. The first-order chi connectivity index (χ1) is 22.6.